The molecule has 2 atom stereocenters. The monoisotopic (exact) mass is 368 g/mol. The predicted molar refractivity (Wildman–Crippen MR) is 93.1 cm³/mol. The van der Waals surface area contributed by atoms with Crippen molar-refractivity contribution in [3.8, 4) is 11.5 Å². The number of carbonyl (C=O) groups excluding carboxylic acids is 1. The Morgan fingerprint density at radius 2 is 2.08 bits per heavy atom. The molecule has 1 N–H and O–H groups in total. The number of piperidine rings is 1. The molecule has 7 nitrogen and oxygen atoms in total. The Hall–Kier alpha value is -1.80. The van der Waals surface area contributed by atoms with Crippen LogP contribution in [0.15, 0.2) is 24.3 Å². The number of fused-ring (bicyclic) bond motifs is 1. The van der Waals surface area contributed by atoms with Gasteiger partial charge < -0.3 is 14.8 Å². The van der Waals surface area contributed by atoms with E-state index in [1.54, 1.807) is 6.92 Å². The van der Waals surface area contributed by atoms with Gasteiger partial charge in [0, 0.05) is 13.1 Å². The maximum Gasteiger partial charge on any atom is 0.224 e. The van der Waals surface area contributed by atoms with Crippen LogP contribution in [0.5, 0.6) is 11.5 Å². The van der Waals surface area contributed by atoms with Gasteiger partial charge in [-0.25, -0.2) is 12.7 Å². The Kier molecular flexibility index (Phi) is 5.48. The van der Waals surface area contributed by atoms with E-state index in [0.29, 0.717) is 44.0 Å². The van der Waals surface area contributed by atoms with Crippen molar-refractivity contribution in [2.24, 2.45) is 5.92 Å². The largest absolute Gasteiger partial charge is 0.486 e. The van der Waals surface area contributed by atoms with E-state index < -0.39 is 10.0 Å². The van der Waals surface area contributed by atoms with Crippen LogP contribution in [-0.4, -0.2) is 56.7 Å². The Morgan fingerprint density at radius 3 is 2.84 bits per heavy atom. The van der Waals surface area contributed by atoms with Gasteiger partial charge in [-0.05, 0) is 31.9 Å². The highest BCUT2D eigenvalue weighted by molar-refractivity contribution is 7.89. The first-order valence-electron chi connectivity index (χ1n) is 8.63. The summed E-state index contributed by atoms with van der Waals surface area (Å²) in [7, 11) is -3.25. The molecule has 2 unspecified atom stereocenters. The van der Waals surface area contributed by atoms with Crippen LogP contribution in [-0.2, 0) is 14.8 Å². The molecule has 0 bridgehead atoms. The smallest absolute Gasteiger partial charge is 0.224 e. The molecule has 3 rings (SSSR count). The summed E-state index contributed by atoms with van der Waals surface area (Å²) in [4.78, 5) is 12.4. The van der Waals surface area contributed by atoms with Crippen LogP contribution >= 0.6 is 0 Å². The van der Waals surface area contributed by atoms with E-state index in [1.165, 1.54) is 4.31 Å². The highest BCUT2D eigenvalue weighted by atomic mass is 32.2. The number of nitrogens with zero attached hydrogens (tertiary/aromatic N) is 1. The van der Waals surface area contributed by atoms with Crippen molar-refractivity contribution in [1.82, 2.24) is 9.62 Å². The second-order valence-electron chi connectivity index (χ2n) is 6.34. The average Bonchev–Trinajstić information content (AvgIpc) is 2.66. The summed E-state index contributed by atoms with van der Waals surface area (Å²) >= 11 is 0. The minimum Gasteiger partial charge on any atom is -0.486 e. The normalized spacial score (nSPS) is 23.9. The molecule has 0 saturated carbocycles. The highest BCUT2D eigenvalue weighted by Gasteiger charge is 2.32. The molecule has 1 aromatic carbocycles. The van der Waals surface area contributed by atoms with Gasteiger partial charge in [0.25, 0.3) is 0 Å². The fraction of sp³-hybridized carbons (Fsp3) is 0.588. The lowest BCUT2D eigenvalue weighted by molar-refractivity contribution is -0.126. The summed E-state index contributed by atoms with van der Waals surface area (Å²) in [5.41, 5.74) is 0. The summed E-state index contributed by atoms with van der Waals surface area (Å²) in [5.74, 6) is 1.00. The fourth-order valence-corrected chi connectivity index (χ4v) is 4.29. The molecule has 1 saturated heterocycles. The molecule has 2 aliphatic rings. The van der Waals surface area contributed by atoms with Gasteiger partial charge in [0.15, 0.2) is 11.5 Å². The molecule has 0 spiro atoms. The fourth-order valence-electron chi connectivity index (χ4n) is 3.11. The van der Waals surface area contributed by atoms with E-state index in [9.17, 15) is 13.2 Å². The van der Waals surface area contributed by atoms with E-state index in [-0.39, 0.29) is 30.2 Å². The number of hydrogen-bond donors (Lipinski definition) is 1. The maximum atomic E-state index is 12.4. The summed E-state index contributed by atoms with van der Waals surface area (Å²) < 4.78 is 36.9. The van der Waals surface area contributed by atoms with Gasteiger partial charge in [0.1, 0.15) is 12.7 Å². The number of rotatable bonds is 5. The summed E-state index contributed by atoms with van der Waals surface area (Å²) in [5, 5.41) is 2.88. The molecular formula is C17H24N2O5S. The van der Waals surface area contributed by atoms with E-state index in [0.717, 1.165) is 0 Å². The quantitative estimate of drug-likeness (QED) is 0.838. The average molecular weight is 368 g/mol. The van der Waals surface area contributed by atoms with Crippen molar-refractivity contribution in [3.05, 3.63) is 24.3 Å². The topological polar surface area (TPSA) is 84.9 Å². The number of amides is 1. The van der Waals surface area contributed by atoms with E-state index in [1.807, 2.05) is 24.3 Å². The van der Waals surface area contributed by atoms with E-state index in [4.69, 9.17) is 9.47 Å². The van der Waals surface area contributed by atoms with Crippen molar-refractivity contribution >= 4 is 15.9 Å². The molecule has 2 heterocycles. The summed E-state index contributed by atoms with van der Waals surface area (Å²) in [6.07, 6.45) is 1.15. The third kappa shape index (κ3) is 4.24. The number of carbonyl (C=O) groups is 1. The van der Waals surface area contributed by atoms with Crippen LogP contribution in [0.4, 0.5) is 0 Å². The molecule has 1 aromatic rings. The lowest BCUT2D eigenvalue weighted by Crippen LogP contribution is -2.48. The Labute approximate surface area is 148 Å². The summed E-state index contributed by atoms with van der Waals surface area (Å²) in [6.45, 7) is 3.09. The maximum absolute atomic E-state index is 12.4. The van der Waals surface area contributed by atoms with Gasteiger partial charge in [-0.2, -0.15) is 0 Å². The van der Waals surface area contributed by atoms with Crippen LogP contribution < -0.4 is 14.8 Å². The first-order valence-corrected chi connectivity index (χ1v) is 10.2. The number of para-hydroxylation sites is 2. The molecule has 0 aromatic heterocycles. The minimum absolute atomic E-state index is 0.0635. The molecule has 0 radical (unpaired) electrons. The van der Waals surface area contributed by atoms with Gasteiger partial charge >= 0.3 is 0 Å². The van der Waals surface area contributed by atoms with E-state index >= 15 is 0 Å². The molecule has 2 aliphatic heterocycles. The second-order valence-corrected chi connectivity index (χ2v) is 8.60. The number of benzene rings is 1. The molecular weight excluding hydrogens is 344 g/mol. The summed E-state index contributed by atoms with van der Waals surface area (Å²) in [6, 6.07) is 7.42. The van der Waals surface area contributed by atoms with Crippen molar-refractivity contribution < 1.29 is 22.7 Å². The first kappa shape index (κ1) is 18.0. The second kappa shape index (κ2) is 7.61. The molecule has 1 fully saturated rings. The van der Waals surface area contributed by atoms with Gasteiger partial charge in [-0.15, -0.1) is 0 Å². The van der Waals surface area contributed by atoms with Crippen LogP contribution in [0.25, 0.3) is 0 Å². The number of sulfonamides is 1. The minimum atomic E-state index is -3.25. The van der Waals surface area contributed by atoms with Crippen LogP contribution in [0.3, 0.4) is 0 Å². The van der Waals surface area contributed by atoms with Crippen molar-refractivity contribution in [2.75, 3.05) is 32.0 Å². The van der Waals surface area contributed by atoms with Crippen LogP contribution in [0, 0.1) is 5.92 Å². The Bertz CT molecular complexity index is 722. The number of nitrogens with one attached hydrogen (secondary N) is 1. The molecule has 1 amide bonds. The van der Waals surface area contributed by atoms with Gasteiger partial charge in [0.2, 0.25) is 15.9 Å². The van der Waals surface area contributed by atoms with Crippen molar-refractivity contribution in [1.29, 1.82) is 0 Å². The lowest BCUT2D eigenvalue weighted by Gasteiger charge is -2.31. The molecule has 138 valence electrons. The number of hydrogen-bond acceptors (Lipinski definition) is 5. The number of ether oxygens (including phenoxy) is 2. The van der Waals surface area contributed by atoms with Gasteiger partial charge in [0.05, 0.1) is 18.2 Å². The van der Waals surface area contributed by atoms with Crippen molar-refractivity contribution in [2.45, 2.75) is 25.9 Å². The Balaban J connectivity index is 1.51. The first-order chi connectivity index (χ1) is 12.0. The highest BCUT2D eigenvalue weighted by Crippen LogP contribution is 2.30. The zero-order valence-electron chi connectivity index (χ0n) is 14.3. The molecule has 8 heteroatoms. The van der Waals surface area contributed by atoms with Gasteiger partial charge in [-0.1, -0.05) is 12.1 Å². The van der Waals surface area contributed by atoms with E-state index in [2.05, 4.69) is 5.32 Å². The van der Waals surface area contributed by atoms with Crippen molar-refractivity contribution in [3.63, 3.8) is 0 Å². The lowest BCUT2D eigenvalue weighted by atomic mass is 9.99. The molecule has 0 aliphatic carbocycles. The zero-order valence-corrected chi connectivity index (χ0v) is 15.1. The predicted octanol–water partition coefficient (Wildman–Crippen LogP) is 1.00. The van der Waals surface area contributed by atoms with Crippen LogP contribution in [0.1, 0.15) is 19.8 Å². The standard InChI is InChI=1S/C17H24N2O5S/c1-2-25(21,22)19-9-5-6-13(11-19)17(20)18-10-14-12-23-15-7-3-4-8-16(15)24-14/h3-4,7-8,13-14H,2,5-6,9-12H2,1H3,(H,18,20). The third-order valence-electron chi connectivity index (χ3n) is 4.58. The third-order valence-corrected chi connectivity index (χ3v) is 6.43. The molecule has 25 heavy (non-hydrogen) atoms. The van der Waals surface area contributed by atoms with Crippen LogP contribution in [0.2, 0.25) is 0 Å². The zero-order chi connectivity index (χ0) is 17.9. The Morgan fingerprint density at radius 1 is 1.32 bits per heavy atom. The SMILES string of the molecule is CCS(=O)(=O)N1CCCC(C(=O)NCC2COc3ccccc3O2)C1. The van der Waals surface area contributed by atoms with Gasteiger partial charge in [-0.3, -0.25) is 4.79 Å².